The SMILES string of the molecule is Fc1cc2ccncc2o1. The molecule has 0 aliphatic heterocycles. The van der Waals surface area contributed by atoms with Crippen molar-refractivity contribution in [1.29, 1.82) is 0 Å². The lowest BCUT2D eigenvalue weighted by Gasteiger charge is -1.80. The van der Waals surface area contributed by atoms with Gasteiger partial charge in [-0.05, 0) is 6.07 Å². The van der Waals surface area contributed by atoms with Gasteiger partial charge in [0.2, 0.25) is 0 Å². The predicted molar refractivity (Wildman–Crippen MR) is 34.0 cm³/mol. The van der Waals surface area contributed by atoms with Gasteiger partial charge in [-0.1, -0.05) is 0 Å². The van der Waals surface area contributed by atoms with Crippen molar-refractivity contribution in [3.05, 3.63) is 30.5 Å². The van der Waals surface area contributed by atoms with Crippen molar-refractivity contribution in [3.63, 3.8) is 0 Å². The molecule has 2 nitrogen and oxygen atoms in total. The number of furan rings is 1. The third-order valence-corrected chi connectivity index (χ3v) is 1.29. The minimum absolute atomic E-state index is 0.486. The number of nitrogens with zero attached hydrogens (tertiary/aromatic N) is 1. The number of rotatable bonds is 0. The maximum Gasteiger partial charge on any atom is 0.278 e. The Balaban J connectivity index is 2.88. The quantitative estimate of drug-likeness (QED) is 0.554. The van der Waals surface area contributed by atoms with Crippen LogP contribution in [0.4, 0.5) is 4.39 Å². The van der Waals surface area contributed by atoms with Gasteiger partial charge >= 0.3 is 0 Å². The Hall–Kier alpha value is -1.38. The summed E-state index contributed by atoms with van der Waals surface area (Å²) in [6.07, 6.45) is 3.08. The monoisotopic (exact) mass is 137 g/mol. The Morgan fingerprint density at radius 1 is 1.50 bits per heavy atom. The van der Waals surface area contributed by atoms with E-state index in [1.54, 1.807) is 12.3 Å². The van der Waals surface area contributed by atoms with E-state index in [4.69, 9.17) is 0 Å². The van der Waals surface area contributed by atoms with Crippen LogP contribution < -0.4 is 0 Å². The van der Waals surface area contributed by atoms with Crippen molar-refractivity contribution in [2.75, 3.05) is 0 Å². The van der Waals surface area contributed by atoms with Crippen LogP contribution in [0.5, 0.6) is 0 Å². The molecule has 3 heteroatoms. The summed E-state index contributed by atoms with van der Waals surface area (Å²) in [5.41, 5.74) is 0.486. The van der Waals surface area contributed by atoms with Crippen LogP contribution in [0.1, 0.15) is 0 Å². The zero-order valence-electron chi connectivity index (χ0n) is 5.04. The van der Waals surface area contributed by atoms with Gasteiger partial charge in [0.1, 0.15) is 0 Å². The maximum atomic E-state index is 12.3. The molecule has 50 valence electrons. The molecule has 0 amide bonds. The lowest BCUT2D eigenvalue weighted by Crippen LogP contribution is -1.65. The summed E-state index contributed by atoms with van der Waals surface area (Å²) in [5.74, 6) is 0. The maximum absolute atomic E-state index is 12.3. The molecule has 0 aromatic carbocycles. The normalized spacial score (nSPS) is 10.5. The Morgan fingerprint density at radius 3 is 3.20 bits per heavy atom. The van der Waals surface area contributed by atoms with Crippen LogP contribution in [0.3, 0.4) is 0 Å². The zero-order valence-corrected chi connectivity index (χ0v) is 5.04. The summed E-state index contributed by atoms with van der Waals surface area (Å²) in [6, 6.07) is 2.46. The Labute approximate surface area is 56.3 Å². The molecule has 2 rings (SSSR count). The molecule has 0 bridgehead atoms. The van der Waals surface area contributed by atoms with Crippen LogP contribution in [0.2, 0.25) is 0 Å². The van der Waals surface area contributed by atoms with E-state index in [9.17, 15) is 4.39 Å². The van der Waals surface area contributed by atoms with E-state index in [-0.39, 0.29) is 0 Å². The molecule has 2 heterocycles. The molecule has 2 aromatic rings. The van der Waals surface area contributed by atoms with Crippen molar-refractivity contribution in [3.8, 4) is 0 Å². The molecule has 10 heavy (non-hydrogen) atoms. The van der Waals surface area contributed by atoms with Gasteiger partial charge < -0.3 is 4.42 Å². The van der Waals surface area contributed by atoms with E-state index in [2.05, 4.69) is 9.40 Å². The van der Waals surface area contributed by atoms with Gasteiger partial charge in [0.05, 0.1) is 6.20 Å². The van der Waals surface area contributed by atoms with E-state index in [1.165, 1.54) is 12.3 Å². The average molecular weight is 137 g/mol. The van der Waals surface area contributed by atoms with Gasteiger partial charge in [0, 0.05) is 17.6 Å². The lowest BCUT2D eigenvalue weighted by atomic mass is 10.3. The summed E-state index contributed by atoms with van der Waals surface area (Å²) < 4.78 is 17.0. The minimum Gasteiger partial charge on any atom is -0.429 e. The van der Waals surface area contributed by atoms with Crippen LogP contribution in [-0.2, 0) is 0 Å². The number of fused-ring (bicyclic) bond motifs is 1. The van der Waals surface area contributed by atoms with E-state index < -0.39 is 6.01 Å². The summed E-state index contributed by atoms with van der Waals surface area (Å²) >= 11 is 0. The van der Waals surface area contributed by atoms with Crippen LogP contribution in [0.15, 0.2) is 28.9 Å². The first-order chi connectivity index (χ1) is 4.86. The number of pyridine rings is 1. The minimum atomic E-state index is -0.567. The Kier molecular flexibility index (Phi) is 0.974. The van der Waals surface area contributed by atoms with Gasteiger partial charge in [-0.3, -0.25) is 4.98 Å². The average Bonchev–Trinajstić information content (AvgIpc) is 2.27. The highest BCUT2D eigenvalue weighted by Crippen LogP contribution is 2.15. The lowest BCUT2D eigenvalue weighted by molar-refractivity contribution is 0.380. The van der Waals surface area contributed by atoms with Crippen molar-refractivity contribution in [1.82, 2.24) is 4.98 Å². The first-order valence-electron chi connectivity index (χ1n) is 2.85. The number of halogens is 1. The second-order valence-electron chi connectivity index (χ2n) is 1.96. The fourth-order valence-corrected chi connectivity index (χ4v) is 0.852. The first kappa shape index (κ1) is 5.41. The molecule has 0 spiro atoms. The highest BCUT2D eigenvalue weighted by molar-refractivity contribution is 5.75. The highest BCUT2D eigenvalue weighted by atomic mass is 19.1. The molecular formula is C7H4FNO. The van der Waals surface area contributed by atoms with Crippen LogP contribution >= 0.6 is 0 Å². The molecular weight excluding hydrogens is 133 g/mol. The van der Waals surface area contributed by atoms with Gasteiger partial charge in [-0.25, -0.2) is 0 Å². The topological polar surface area (TPSA) is 26.0 Å². The summed E-state index contributed by atoms with van der Waals surface area (Å²) in [6.45, 7) is 0. The number of aromatic nitrogens is 1. The zero-order chi connectivity index (χ0) is 6.97. The molecule has 0 aliphatic carbocycles. The summed E-state index contributed by atoms with van der Waals surface area (Å²) in [4.78, 5) is 3.77. The Morgan fingerprint density at radius 2 is 2.40 bits per heavy atom. The molecule has 0 unspecified atom stereocenters. The second-order valence-corrected chi connectivity index (χ2v) is 1.96. The van der Waals surface area contributed by atoms with Gasteiger partial charge in [-0.15, -0.1) is 0 Å². The van der Waals surface area contributed by atoms with E-state index in [0.29, 0.717) is 5.58 Å². The fraction of sp³-hybridized carbons (Fsp3) is 0. The largest absolute Gasteiger partial charge is 0.429 e. The Bertz CT molecular complexity index is 322. The third-order valence-electron chi connectivity index (χ3n) is 1.29. The predicted octanol–water partition coefficient (Wildman–Crippen LogP) is 1.97. The van der Waals surface area contributed by atoms with Crippen LogP contribution in [-0.4, -0.2) is 4.98 Å². The molecule has 0 saturated carbocycles. The first-order valence-corrected chi connectivity index (χ1v) is 2.85. The van der Waals surface area contributed by atoms with Crippen LogP contribution in [0, 0.1) is 6.01 Å². The molecule has 0 atom stereocenters. The van der Waals surface area contributed by atoms with Gasteiger partial charge in [-0.2, -0.15) is 4.39 Å². The van der Waals surface area contributed by atoms with E-state index >= 15 is 0 Å². The van der Waals surface area contributed by atoms with Gasteiger partial charge in [0.15, 0.2) is 5.58 Å². The van der Waals surface area contributed by atoms with Crippen molar-refractivity contribution in [2.45, 2.75) is 0 Å². The highest BCUT2D eigenvalue weighted by Gasteiger charge is 1.99. The molecule has 0 saturated heterocycles. The van der Waals surface area contributed by atoms with Crippen molar-refractivity contribution in [2.24, 2.45) is 0 Å². The van der Waals surface area contributed by atoms with Crippen LogP contribution in [0.25, 0.3) is 11.0 Å². The second kappa shape index (κ2) is 1.80. The molecule has 0 fully saturated rings. The molecule has 0 radical (unpaired) electrons. The summed E-state index contributed by atoms with van der Waals surface area (Å²) in [7, 11) is 0. The fourth-order valence-electron chi connectivity index (χ4n) is 0.852. The van der Waals surface area contributed by atoms with Crippen molar-refractivity contribution < 1.29 is 8.81 Å². The number of hydrogen-bond acceptors (Lipinski definition) is 2. The molecule has 0 aliphatic rings. The third kappa shape index (κ3) is 0.673. The molecule has 0 N–H and O–H groups in total. The smallest absolute Gasteiger partial charge is 0.278 e. The number of hydrogen-bond donors (Lipinski definition) is 0. The van der Waals surface area contributed by atoms with Gasteiger partial charge in [0.25, 0.3) is 6.01 Å². The molecule has 2 aromatic heterocycles. The standard InChI is InChI=1S/C7H4FNO/c8-7-3-5-1-2-9-4-6(5)10-7/h1-4H. The van der Waals surface area contributed by atoms with Crippen molar-refractivity contribution >= 4 is 11.0 Å². The van der Waals surface area contributed by atoms with E-state index in [1.807, 2.05) is 0 Å². The van der Waals surface area contributed by atoms with E-state index in [0.717, 1.165) is 5.39 Å². The summed E-state index contributed by atoms with van der Waals surface area (Å²) in [5, 5.41) is 0.743.